The van der Waals surface area contributed by atoms with E-state index in [1.54, 1.807) is 12.1 Å². The SMILES string of the molecule is N#Cc1ccc(CNCC(F)(F)C(F)F)s1. The fraction of sp³-hybridized carbons (Fsp3) is 0.444. The number of hydrogen-bond acceptors (Lipinski definition) is 3. The molecule has 1 aromatic heterocycles. The number of halogens is 4. The van der Waals surface area contributed by atoms with Gasteiger partial charge in [-0.2, -0.15) is 14.0 Å². The Morgan fingerprint density at radius 1 is 1.44 bits per heavy atom. The van der Waals surface area contributed by atoms with Gasteiger partial charge in [0.1, 0.15) is 10.9 Å². The zero-order chi connectivity index (χ0) is 12.2. The summed E-state index contributed by atoms with van der Waals surface area (Å²) < 4.78 is 48.5. The van der Waals surface area contributed by atoms with Crippen LogP contribution in [0.15, 0.2) is 12.1 Å². The first-order valence-corrected chi connectivity index (χ1v) is 5.13. The number of alkyl halides is 4. The average molecular weight is 252 g/mol. The van der Waals surface area contributed by atoms with E-state index < -0.39 is 18.9 Å². The summed E-state index contributed by atoms with van der Waals surface area (Å²) in [6.07, 6.45) is -3.67. The molecule has 1 aromatic rings. The second-order valence-electron chi connectivity index (χ2n) is 3.04. The van der Waals surface area contributed by atoms with Gasteiger partial charge in [-0.05, 0) is 12.1 Å². The number of rotatable bonds is 5. The third-order valence-corrected chi connectivity index (χ3v) is 2.74. The second kappa shape index (κ2) is 5.27. The van der Waals surface area contributed by atoms with Crippen molar-refractivity contribution in [1.29, 1.82) is 5.26 Å². The highest BCUT2D eigenvalue weighted by atomic mass is 32.1. The molecule has 1 rings (SSSR count). The zero-order valence-electron chi connectivity index (χ0n) is 8.01. The van der Waals surface area contributed by atoms with Crippen molar-refractivity contribution in [3.05, 3.63) is 21.9 Å². The van der Waals surface area contributed by atoms with Gasteiger partial charge >= 0.3 is 12.3 Å². The molecule has 1 heterocycles. The lowest BCUT2D eigenvalue weighted by Gasteiger charge is -2.15. The largest absolute Gasteiger partial charge is 0.319 e. The van der Waals surface area contributed by atoms with Gasteiger partial charge in [0.25, 0.3) is 0 Å². The second-order valence-corrected chi connectivity index (χ2v) is 4.21. The molecule has 7 heteroatoms. The molecular weight excluding hydrogens is 244 g/mol. The molecule has 2 nitrogen and oxygen atoms in total. The first-order valence-electron chi connectivity index (χ1n) is 4.31. The van der Waals surface area contributed by atoms with Gasteiger partial charge in [-0.25, -0.2) is 8.78 Å². The standard InChI is InChI=1S/C9H8F4N2S/c10-8(11)9(12,13)5-15-4-7-2-1-6(3-14)16-7/h1-2,8,15H,4-5H2. The minimum absolute atomic E-state index is 0.0503. The maximum atomic E-state index is 12.5. The molecule has 0 saturated heterocycles. The third kappa shape index (κ3) is 3.47. The Morgan fingerprint density at radius 2 is 2.12 bits per heavy atom. The topological polar surface area (TPSA) is 35.8 Å². The molecule has 0 atom stereocenters. The molecule has 0 unspecified atom stereocenters. The van der Waals surface area contributed by atoms with Crippen molar-refractivity contribution in [2.45, 2.75) is 18.9 Å². The summed E-state index contributed by atoms with van der Waals surface area (Å²) in [6.45, 7) is -1.03. The minimum atomic E-state index is -4.02. The van der Waals surface area contributed by atoms with Gasteiger partial charge in [-0.1, -0.05) is 0 Å². The quantitative estimate of drug-likeness (QED) is 0.818. The molecule has 0 radical (unpaired) electrons. The van der Waals surface area contributed by atoms with Crippen molar-refractivity contribution in [2.75, 3.05) is 6.54 Å². The van der Waals surface area contributed by atoms with Crippen molar-refractivity contribution in [1.82, 2.24) is 5.32 Å². The highest BCUT2D eigenvalue weighted by Crippen LogP contribution is 2.22. The predicted molar refractivity (Wildman–Crippen MR) is 51.7 cm³/mol. The van der Waals surface area contributed by atoms with Crippen LogP contribution < -0.4 is 5.32 Å². The molecule has 0 aromatic carbocycles. The van der Waals surface area contributed by atoms with Gasteiger partial charge in [-0.3, -0.25) is 0 Å². The van der Waals surface area contributed by atoms with E-state index in [4.69, 9.17) is 5.26 Å². The van der Waals surface area contributed by atoms with Crippen molar-refractivity contribution >= 4 is 11.3 Å². The lowest BCUT2D eigenvalue weighted by Crippen LogP contribution is -2.38. The fourth-order valence-electron chi connectivity index (χ4n) is 0.963. The van der Waals surface area contributed by atoms with Crippen LogP contribution in [0.5, 0.6) is 0 Å². The first-order chi connectivity index (χ1) is 7.45. The number of thiophene rings is 1. The molecule has 0 aliphatic carbocycles. The van der Waals surface area contributed by atoms with Gasteiger partial charge in [-0.15, -0.1) is 11.3 Å². The Hall–Kier alpha value is -1.13. The summed E-state index contributed by atoms with van der Waals surface area (Å²) in [5.41, 5.74) is 0. The van der Waals surface area contributed by atoms with Crippen molar-refractivity contribution < 1.29 is 17.6 Å². The van der Waals surface area contributed by atoms with Crippen LogP contribution in [0.2, 0.25) is 0 Å². The maximum absolute atomic E-state index is 12.5. The van der Waals surface area contributed by atoms with Crippen LogP contribution in [0.25, 0.3) is 0 Å². The smallest absolute Gasteiger partial charge is 0.306 e. The van der Waals surface area contributed by atoms with Crippen LogP contribution >= 0.6 is 11.3 Å². The van der Waals surface area contributed by atoms with E-state index in [0.29, 0.717) is 9.75 Å². The molecule has 1 N–H and O–H groups in total. The van der Waals surface area contributed by atoms with Crippen LogP contribution in [-0.2, 0) is 6.54 Å². The number of nitriles is 1. The van der Waals surface area contributed by atoms with Crippen LogP contribution in [0, 0.1) is 11.3 Å². The van der Waals surface area contributed by atoms with Crippen LogP contribution in [0.3, 0.4) is 0 Å². The summed E-state index contributed by atoms with van der Waals surface area (Å²) in [4.78, 5) is 1.11. The molecule has 0 bridgehead atoms. The van der Waals surface area contributed by atoms with E-state index in [9.17, 15) is 17.6 Å². The molecule has 0 spiro atoms. The van der Waals surface area contributed by atoms with E-state index in [1.165, 1.54) is 0 Å². The molecule has 0 aliphatic rings. The predicted octanol–water partition coefficient (Wildman–Crippen LogP) is 2.61. The Morgan fingerprint density at radius 3 is 2.62 bits per heavy atom. The summed E-state index contributed by atoms with van der Waals surface area (Å²) in [5.74, 6) is -4.02. The van der Waals surface area contributed by atoms with Crippen LogP contribution in [0.1, 0.15) is 9.75 Å². The summed E-state index contributed by atoms with van der Waals surface area (Å²) >= 11 is 1.14. The highest BCUT2D eigenvalue weighted by Gasteiger charge is 2.39. The maximum Gasteiger partial charge on any atom is 0.319 e. The van der Waals surface area contributed by atoms with Gasteiger partial charge in [0.05, 0.1) is 6.54 Å². The van der Waals surface area contributed by atoms with Crippen molar-refractivity contribution in [3.8, 4) is 6.07 Å². The molecule has 0 aliphatic heterocycles. The van der Waals surface area contributed by atoms with Crippen molar-refractivity contribution in [2.24, 2.45) is 0 Å². The Bertz CT molecular complexity index is 383. The summed E-state index contributed by atoms with van der Waals surface area (Å²) in [5, 5.41) is 10.7. The molecule has 88 valence electrons. The molecule has 0 fully saturated rings. The Kier molecular flexibility index (Phi) is 4.26. The van der Waals surface area contributed by atoms with E-state index in [0.717, 1.165) is 11.3 Å². The van der Waals surface area contributed by atoms with Gasteiger partial charge in [0, 0.05) is 11.4 Å². The van der Waals surface area contributed by atoms with E-state index >= 15 is 0 Å². The Labute approximate surface area is 93.5 Å². The highest BCUT2D eigenvalue weighted by molar-refractivity contribution is 7.12. The monoisotopic (exact) mass is 252 g/mol. The van der Waals surface area contributed by atoms with E-state index in [1.807, 2.05) is 6.07 Å². The van der Waals surface area contributed by atoms with Gasteiger partial charge in [0.2, 0.25) is 0 Å². The number of nitrogens with one attached hydrogen (secondary N) is 1. The normalized spacial score (nSPS) is 11.8. The molecule has 16 heavy (non-hydrogen) atoms. The third-order valence-electron chi connectivity index (χ3n) is 1.75. The molecule has 0 amide bonds. The minimum Gasteiger partial charge on any atom is -0.306 e. The molecular formula is C9H8F4N2S. The van der Waals surface area contributed by atoms with E-state index in [2.05, 4.69) is 5.32 Å². The average Bonchev–Trinajstić information content (AvgIpc) is 2.65. The van der Waals surface area contributed by atoms with Gasteiger partial charge < -0.3 is 5.32 Å². The number of hydrogen-bond donors (Lipinski definition) is 1. The van der Waals surface area contributed by atoms with Crippen LogP contribution in [0.4, 0.5) is 17.6 Å². The molecule has 0 saturated carbocycles. The number of nitrogens with zero attached hydrogens (tertiary/aromatic N) is 1. The Balaban J connectivity index is 2.39. The van der Waals surface area contributed by atoms with Crippen LogP contribution in [-0.4, -0.2) is 18.9 Å². The summed E-state index contributed by atoms with van der Waals surface area (Å²) in [6, 6.07) is 5.04. The van der Waals surface area contributed by atoms with Crippen molar-refractivity contribution in [3.63, 3.8) is 0 Å². The summed E-state index contributed by atoms with van der Waals surface area (Å²) in [7, 11) is 0. The lowest BCUT2D eigenvalue weighted by molar-refractivity contribution is -0.125. The zero-order valence-corrected chi connectivity index (χ0v) is 8.83. The first kappa shape index (κ1) is 12.9. The van der Waals surface area contributed by atoms with Gasteiger partial charge in [0.15, 0.2) is 0 Å². The van der Waals surface area contributed by atoms with E-state index in [-0.39, 0.29) is 6.54 Å². The fourth-order valence-corrected chi connectivity index (χ4v) is 1.74. The lowest BCUT2D eigenvalue weighted by atomic mass is 10.3.